The Morgan fingerprint density at radius 3 is 2.39 bits per heavy atom. The standard InChI is InChI=1S/C24H20ClN3/c1-28(22-14-11-16-10-9-15-5-4-8-19(22)23(15)16)24(26)27-21-13-12-20(25)17-6-2-3-7-18(17)21/h2-8,11-14H,9-10H2,1H3,(H2,26,27). The molecule has 0 unspecified atom stereocenters. The normalized spacial score (nSPS) is 13.4. The zero-order valence-electron chi connectivity index (χ0n) is 15.6. The maximum Gasteiger partial charge on any atom is 0.200 e. The van der Waals surface area contributed by atoms with Crippen LogP contribution < -0.4 is 10.6 Å². The fraction of sp³-hybridized carbons (Fsp3) is 0.125. The first-order chi connectivity index (χ1) is 13.6. The number of fused-ring (bicyclic) bond motifs is 1. The number of aliphatic imine (C=N–C) groups is 1. The summed E-state index contributed by atoms with van der Waals surface area (Å²) in [6, 6.07) is 22.7. The van der Waals surface area contributed by atoms with Gasteiger partial charge in [-0.1, -0.05) is 60.1 Å². The predicted octanol–water partition coefficient (Wildman–Crippen LogP) is 5.83. The van der Waals surface area contributed by atoms with Gasteiger partial charge in [0.05, 0.1) is 11.4 Å². The van der Waals surface area contributed by atoms with Crippen LogP contribution in [-0.4, -0.2) is 13.0 Å². The Kier molecular flexibility index (Phi) is 3.99. The lowest BCUT2D eigenvalue weighted by Gasteiger charge is -2.21. The minimum atomic E-state index is 0.450. The van der Waals surface area contributed by atoms with Crippen molar-refractivity contribution in [3.8, 4) is 0 Å². The summed E-state index contributed by atoms with van der Waals surface area (Å²) in [4.78, 5) is 6.70. The second-order valence-electron chi connectivity index (χ2n) is 7.22. The van der Waals surface area contributed by atoms with Crippen LogP contribution in [0, 0.1) is 0 Å². The number of hydrogen-bond donors (Lipinski definition) is 1. The Morgan fingerprint density at radius 1 is 0.857 bits per heavy atom. The number of nitrogens with zero attached hydrogens (tertiary/aromatic N) is 2. The van der Waals surface area contributed by atoms with Crippen LogP contribution in [0.3, 0.4) is 0 Å². The molecule has 0 saturated heterocycles. The van der Waals surface area contributed by atoms with E-state index < -0.39 is 0 Å². The smallest absolute Gasteiger partial charge is 0.200 e. The summed E-state index contributed by atoms with van der Waals surface area (Å²) in [5.41, 5.74) is 11.2. The molecule has 2 N–H and O–H groups in total. The first-order valence-corrected chi connectivity index (χ1v) is 9.80. The van der Waals surface area contributed by atoms with Gasteiger partial charge in [-0.25, -0.2) is 4.99 Å². The summed E-state index contributed by atoms with van der Waals surface area (Å²) in [6.07, 6.45) is 2.22. The Labute approximate surface area is 169 Å². The molecule has 0 heterocycles. The van der Waals surface area contributed by atoms with Gasteiger partial charge in [0.25, 0.3) is 0 Å². The number of anilines is 1. The third-order valence-electron chi connectivity index (χ3n) is 5.64. The maximum absolute atomic E-state index is 6.44. The average Bonchev–Trinajstić information content (AvgIpc) is 3.15. The van der Waals surface area contributed by atoms with Crippen molar-refractivity contribution in [2.75, 3.05) is 11.9 Å². The molecule has 4 heteroatoms. The highest BCUT2D eigenvalue weighted by molar-refractivity contribution is 6.36. The van der Waals surface area contributed by atoms with E-state index in [1.54, 1.807) is 0 Å². The highest BCUT2D eigenvalue weighted by atomic mass is 35.5. The average molecular weight is 386 g/mol. The molecule has 0 spiro atoms. The molecule has 0 aliphatic heterocycles. The molecule has 4 aromatic rings. The van der Waals surface area contributed by atoms with Crippen LogP contribution in [-0.2, 0) is 12.8 Å². The molecule has 0 amide bonds. The highest BCUT2D eigenvalue weighted by Gasteiger charge is 2.18. The Bertz CT molecular complexity index is 1250. The van der Waals surface area contributed by atoms with Crippen molar-refractivity contribution >= 4 is 50.5 Å². The van der Waals surface area contributed by atoms with Crippen molar-refractivity contribution in [3.05, 3.63) is 82.9 Å². The number of hydrogen-bond acceptors (Lipinski definition) is 1. The van der Waals surface area contributed by atoms with Crippen LogP contribution >= 0.6 is 11.6 Å². The summed E-state index contributed by atoms with van der Waals surface area (Å²) in [7, 11) is 1.97. The number of nitrogens with two attached hydrogens (primary N) is 1. The summed E-state index contributed by atoms with van der Waals surface area (Å²) in [5, 5.41) is 5.29. The van der Waals surface area contributed by atoms with Gasteiger partial charge in [0.15, 0.2) is 0 Å². The molecule has 1 aliphatic rings. The molecule has 0 fully saturated rings. The van der Waals surface area contributed by atoms with E-state index in [9.17, 15) is 0 Å². The van der Waals surface area contributed by atoms with E-state index in [4.69, 9.17) is 22.3 Å². The van der Waals surface area contributed by atoms with Gasteiger partial charge < -0.3 is 10.6 Å². The first-order valence-electron chi connectivity index (χ1n) is 9.42. The molecule has 28 heavy (non-hydrogen) atoms. The second kappa shape index (κ2) is 6.54. The minimum Gasteiger partial charge on any atom is -0.369 e. The molecule has 0 saturated carbocycles. The monoisotopic (exact) mass is 385 g/mol. The molecule has 3 nitrogen and oxygen atoms in total. The maximum atomic E-state index is 6.44. The molecular formula is C24H20ClN3. The third-order valence-corrected chi connectivity index (χ3v) is 5.97. The summed E-state index contributed by atoms with van der Waals surface area (Å²) in [5.74, 6) is 0.450. The van der Waals surface area contributed by atoms with Gasteiger partial charge in [-0.15, -0.1) is 0 Å². The quantitative estimate of drug-likeness (QED) is 0.348. The first kappa shape index (κ1) is 17.1. The van der Waals surface area contributed by atoms with Gasteiger partial charge in [-0.2, -0.15) is 0 Å². The minimum absolute atomic E-state index is 0.450. The molecule has 0 radical (unpaired) electrons. The molecular weight excluding hydrogens is 366 g/mol. The van der Waals surface area contributed by atoms with Crippen molar-refractivity contribution in [1.82, 2.24) is 0 Å². The molecule has 0 bridgehead atoms. The van der Waals surface area contributed by atoms with Crippen molar-refractivity contribution in [1.29, 1.82) is 0 Å². The predicted molar refractivity (Wildman–Crippen MR) is 120 cm³/mol. The van der Waals surface area contributed by atoms with Gasteiger partial charge in [-0.3, -0.25) is 0 Å². The topological polar surface area (TPSA) is 41.6 Å². The molecule has 0 atom stereocenters. The van der Waals surface area contributed by atoms with Crippen LogP contribution in [0.1, 0.15) is 11.1 Å². The summed E-state index contributed by atoms with van der Waals surface area (Å²) < 4.78 is 0. The lowest BCUT2D eigenvalue weighted by atomic mass is 10.0. The highest BCUT2D eigenvalue weighted by Crippen LogP contribution is 2.37. The zero-order chi connectivity index (χ0) is 19.3. The van der Waals surface area contributed by atoms with Gasteiger partial charge in [0.1, 0.15) is 0 Å². The van der Waals surface area contributed by atoms with Crippen LogP contribution in [0.5, 0.6) is 0 Å². The Balaban J connectivity index is 1.61. The van der Waals surface area contributed by atoms with Crippen molar-refractivity contribution in [2.45, 2.75) is 12.8 Å². The van der Waals surface area contributed by atoms with E-state index in [1.165, 1.54) is 21.9 Å². The SMILES string of the molecule is CN(C(N)=Nc1ccc(Cl)c2ccccc12)c1ccc2c3c(cccc13)CC2. The van der Waals surface area contributed by atoms with Gasteiger partial charge >= 0.3 is 0 Å². The van der Waals surface area contributed by atoms with E-state index in [-0.39, 0.29) is 0 Å². The van der Waals surface area contributed by atoms with Crippen molar-refractivity contribution in [2.24, 2.45) is 10.7 Å². The van der Waals surface area contributed by atoms with Gasteiger partial charge in [0.2, 0.25) is 5.96 Å². The van der Waals surface area contributed by atoms with E-state index in [2.05, 4.69) is 30.3 Å². The van der Waals surface area contributed by atoms with Crippen LogP contribution in [0.15, 0.2) is 71.7 Å². The Morgan fingerprint density at radius 2 is 1.57 bits per heavy atom. The fourth-order valence-electron chi connectivity index (χ4n) is 4.19. The third kappa shape index (κ3) is 2.62. The summed E-state index contributed by atoms with van der Waals surface area (Å²) in [6.45, 7) is 0. The molecule has 5 rings (SSSR count). The molecule has 0 aromatic heterocycles. The number of halogens is 1. The molecule has 4 aromatic carbocycles. The lowest BCUT2D eigenvalue weighted by molar-refractivity contribution is 1.02. The Hall–Kier alpha value is -3.04. The van der Waals surface area contributed by atoms with Crippen LogP contribution in [0.2, 0.25) is 5.02 Å². The van der Waals surface area contributed by atoms with E-state index in [1.807, 2.05) is 48.3 Å². The van der Waals surface area contributed by atoms with E-state index in [0.717, 1.165) is 35.0 Å². The largest absolute Gasteiger partial charge is 0.369 e. The second-order valence-corrected chi connectivity index (χ2v) is 7.63. The van der Waals surface area contributed by atoms with E-state index >= 15 is 0 Å². The number of guanidine groups is 1. The van der Waals surface area contributed by atoms with Gasteiger partial charge in [0, 0.05) is 28.2 Å². The van der Waals surface area contributed by atoms with Crippen molar-refractivity contribution in [3.63, 3.8) is 0 Å². The lowest BCUT2D eigenvalue weighted by Crippen LogP contribution is -2.33. The molecule has 138 valence electrons. The fourth-order valence-corrected chi connectivity index (χ4v) is 4.42. The summed E-state index contributed by atoms with van der Waals surface area (Å²) >= 11 is 6.33. The zero-order valence-corrected chi connectivity index (χ0v) is 16.4. The number of benzene rings is 4. The van der Waals surface area contributed by atoms with E-state index in [0.29, 0.717) is 11.0 Å². The number of aryl methyl sites for hydroxylation is 2. The van der Waals surface area contributed by atoms with Crippen molar-refractivity contribution < 1.29 is 0 Å². The molecule has 1 aliphatic carbocycles. The number of rotatable bonds is 2. The van der Waals surface area contributed by atoms with Gasteiger partial charge in [-0.05, 0) is 47.6 Å². The van der Waals surface area contributed by atoms with Crippen LogP contribution in [0.4, 0.5) is 11.4 Å². The van der Waals surface area contributed by atoms with Crippen LogP contribution in [0.25, 0.3) is 21.5 Å².